The van der Waals surface area contributed by atoms with E-state index in [1.807, 2.05) is 12.1 Å². The van der Waals surface area contributed by atoms with Crippen LogP contribution in [0.2, 0.25) is 0 Å². The molecular weight excluding hydrogens is 439 g/mol. The zero-order chi connectivity index (χ0) is 23.5. The van der Waals surface area contributed by atoms with E-state index in [0.29, 0.717) is 52.9 Å². The summed E-state index contributed by atoms with van der Waals surface area (Å²) in [7, 11) is 1.55. The van der Waals surface area contributed by atoms with E-state index in [-0.39, 0.29) is 18.3 Å². The fourth-order valence-corrected chi connectivity index (χ4v) is 4.49. The lowest BCUT2D eigenvalue weighted by molar-refractivity contribution is -0.118. The van der Waals surface area contributed by atoms with Crippen molar-refractivity contribution in [3.05, 3.63) is 47.5 Å². The normalized spacial score (nSPS) is 17.9. The van der Waals surface area contributed by atoms with Crippen molar-refractivity contribution in [3.8, 4) is 11.6 Å². The quantitative estimate of drug-likeness (QED) is 0.521. The number of anilines is 1. The summed E-state index contributed by atoms with van der Waals surface area (Å²) in [6.07, 6.45) is 2.92. The van der Waals surface area contributed by atoms with Crippen molar-refractivity contribution in [1.29, 1.82) is 0 Å². The van der Waals surface area contributed by atoms with Gasteiger partial charge in [-0.1, -0.05) is 0 Å². The molecule has 3 aromatic rings. The summed E-state index contributed by atoms with van der Waals surface area (Å²) in [5.74, 6) is 1.53. The van der Waals surface area contributed by atoms with Crippen LogP contribution in [0.4, 0.5) is 10.2 Å². The van der Waals surface area contributed by atoms with Crippen LogP contribution < -0.4 is 20.1 Å². The Balaban J connectivity index is 1.12. The Bertz CT molecular complexity index is 1210. The van der Waals surface area contributed by atoms with Gasteiger partial charge >= 0.3 is 0 Å². The number of rotatable bonds is 8. The standard InChI is InChI=1S/C24H27FN6O3/c1-33-22-5-3-19-23(30-22)17(18(25)12-27-19)7-9-31-8-6-15(13-31)10-26-11-16-2-4-20-24(28-16)29-21(32)14-34-20/h2-5,12,15,26H,6-11,13-14H2,1H3,(H,28,29,32)/t15-/m1/s1. The Labute approximate surface area is 196 Å². The summed E-state index contributed by atoms with van der Waals surface area (Å²) < 4.78 is 25.1. The lowest BCUT2D eigenvalue weighted by Gasteiger charge is -2.18. The summed E-state index contributed by atoms with van der Waals surface area (Å²) in [6.45, 7) is 4.20. The number of methoxy groups -OCH3 is 1. The van der Waals surface area contributed by atoms with E-state index >= 15 is 0 Å². The Hall–Kier alpha value is -3.37. The van der Waals surface area contributed by atoms with Crippen molar-refractivity contribution in [2.24, 2.45) is 5.92 Å². The number of amides is 1. The zero-order valence-corrected chi connectivity index (χ0v) is 19.0. The molecule has 1 amide bonds. The predicted molar refractivity (Wildman–Crippen MR) is 124 cm³/mol. The summed E-state index contributed by atoms with van der Waals surface area (Å²) in [6, 6.07) is 7.28. The number of pyridine rings is 3. The van der Waals surface area contributed by atoms with E-state index in [4.69, 9.17) is 9.47 Å². The number of hydrogen-bond donors (Lipinski definition) is 2. The molecule has 3 aromatic heterocycles. The first-order chi connectivity index (χ1) is 16.6. The van der Waals surface area contributed by atoms with E-state index in [9.17, 15) is 9.18 Å². The molecule has 1 saturated heterocycles. The highest BCUT2D eigenvalue weighted by atomic mass is 19.1. The number of fused-ring (bicyclic) bond motifs is 2. The van der Waals surface area contributed by atoms with Gasteiger partial charge in [0.1, 0.15) is 5.82 Å². The molecule has 1 fully saturated rings. The number of nitrogens with zero attached hydrogens (tertiary/aromatic N) is 4. The SMILES string of the molecule is COc1ccc2ncc(F)c(CCN3CC[C@H](CNCc4ccc5c(n4)NC(=O)CO5)C3)c2n1. The molecule has 0 aliphatic carbocycles. The van der Waals surface area contributed by atoms with Gasteiger partial charge in [0.2, 0.25) is 5.88 Å². The summed E-state index contributed by atoms with van der Waals surface area (Å²) >= 11 is 0. The van der Waals surface area contributed by atoms with Gasteiger partial charge in [-0.05, 0) is 50.0 Å². The van der Waals surface area contributed by atoms with Crippen molar-refractivity contribution in [3.63, 3.8) is 0 Å². The molecule has 0 aromatic carbocycles. The average molecular weight is 467 g/mol. The van der Waals surface area contributed by atoms with Gasteiger partial charge in [-0.3, -0.25) is 9.78 Å². The average Bonchev–Trinajstić information content (AvgIpc) is 3.30. The topological polar surface area (TPSA) is 102 Å². The first-order valence-corrected chi connectivity index (χ1v) is 11.4. The van der Waals surface area contributed by atoms with E-state index in [1.54, 1.807) is 19.2 Å². The van der Waals surface area contributed by atoms with E-state index in [2.05, 4.69) is 30.5 Å². The Morgan fingerprint density at radius 1 is 1.29 bits per heavy atom. The van der Waals surface area contributed by atoms with Crippen LogP contribution in [-0.4, -0.2) is 65.7 Å². The molecule has 34 heavy (non-hydrogen) atoms. The molecule has 5 rings (SSSR count). The first kappa shape index (κ1) is 22.4. The molecule has 0 spiro atoms. The molecule has 0 bridgehead atoms. The second kappa shape index (κ2) is 9.86. The van der Waals surface area contributed by atoms with Crippen LogP contribution in [0.25, 0.3) is 11.0 Å². The first-order valence-electron chi connectivity index (χ1n) is 11.4. The van der Waals surface area contributed by atoms with Gasteiger partial charge in [-0.2, -0.15) is 0 Å². The van der Waals surface area contributed by atoms with E-state index in [0.717, 1.165) is 38.3 Å². The van der Waals surface area contributed by atoms with Crippen molar-refractivity contribution >= 4 is 22.8 Å². The van der Waals surface area contributed by atoms with E-state index in [1.165, 1.54) is 6.20 Å². The molecule has 2 aliphatic rings. The van der Waals surface area contributed by atoms with Crippen LogP contribution in [0.1, 0.15) is 17.7 Å². The molecule has 9 nitrogen and oxygen atoms in total. The number of aromatic nitrogens is 3. The minimum absolute atomic E-state index is 0.0270. The highest BCUT2D eigenvalue weighted by Crippen LogP contribution is 2.26. The van der Waals surface area contributed by atoms with Gasteiger partial charge in [0.25, 0.3) is 5.91 Å². The van der Waals surface area contributed by atoms with Crippen LogP contribution >= 0.6 is 0 Å². The van der Waals surface area contributed by atoms with Gasteiger partial charge in [0, 0.05) is 31.3 Å². The molecule has 2 aliphatic heterocycles. The molecule has 1 atom stereocenters. The predicted octanol–water partition coefficient (Wildman–Crippen LogP) is 2.16. The second-order valence-electron chi connectivity index (χ2n) is 8.63. The third-order valence-corrected chi connectivity index (χ3v) is 6.27. The van der Waals surface area contributed by atoms with Crippen molar-refractivity contribution in [2.45, 2.75) is 19.4 Å². The van der Waals surface area contributed by atoms with Crippen molar-refractivity contribution < 1.29 is 18.7 Å². The molecule has 0 unspecified atom stereocenters. The summed E-state index contributed by atoms with van der Waals surface area (Å²) in [4.78, 5) is 26.9. The largest absolute Gasteiger partial charge is 0.481 e. The number of halogens is 1. The Morgan fingerprint density at radius 3 is 3.09 bits per heavy atom. The highest BCUT2D eigenvalue weighted by molar-refractivity contribution is 5.94. The number of hydrogen-bond acceptors (Lipinski definition) is 8. The van der Waals surface area contributed by atoms with Crippen molar-refractivity contribution in [2.75, 3.05) is 45.2 Å². The molecule has 0 radical (unpaired) electrons. The number of carbonyl (C=O) groups is 1. The smallest absolute Gasteiger partial charge is 0.263 e. The maximum absolute atomic E-state index is 14.6. The Kier molecular flexibility index (Phi) is 6.50. The van der Waals surface area contributed by atoms with Gasteiger partial charge < -0.3 is 25.0 Å². The van der Waals surface area contributed by atoms with Crippen LogP contribution in [0.5, 0.6) is 11.6 Å². The minimum atomic E-state index is -0.329. The maximum Gasteiger partial charge on any atom is 0.263 e. The van der Waals surface area contributed by atoms with Crippen LogP contribution in [0.15, 0.2) is 30.5 Å². The molecular formula is C24H27FN6O3. The molecule has 10 heteroatoms. The number of nitrogens with one attached hydrogen (secondary N) is 2. The highest BCUT2D eigenvalue weighted by Gasteiger charge is 2.23. The van der Waals surface area contributed by atoms with Crippen molar-refractivity contribution in [1.82, 2.24) is 25.2 Å². The van der Waals surface area contributed by atoms with Crippen LogP contribution in [-0.2, 0) is 17.8 Å². The molecule has 178 valence electrons. The second-order valence-corrected chi connectivity index (χ2v) is 8.63. The van der Waals surface area contributed by atoms with Gasteiger partial charge in [-0.25, -0.2) is 14.4 Å². The lowest BCUT2D eigenvalue weighted by Crippen LogP contribution is -2.28. The number of carbonyl (C=O) groups excluding carboxylic acids is 1. The number of likely N-dealkylation sites (tertiary alicyclic amines) is 1. The Morgan fingerprint density at radius 2 is 2.21 bits per heavy atom. The third kappa shape index (κ3) is 4.92. The minimum Gasteiger partial charge on any atom is -0.481 e. The van der Waals surface area contributed by atoms with Gasteiger partial charge in [-0.15, -0.1) is 0 Å². The summed E-state index contributed by atoms with van der Waals surface area (Å²) in [5.41, 5.74) is 2.67. The molecule has 0 saturated carbocycles. The fourth-order valence-electron chi connectivity index (χ4n) is 4.49. The maximum atomic E-state index is 14.6. The zero-order valence-electron chi connectivity index (χ0n) is 19.0. The monoisotopic (exact) mass is 466 g/mol. The summed E-state index contributed by atoms with van der Waals surface area (Å²) in [5, 5.41) is 6.20. The van der Waals surface area contributed by atoms with Gasteiger partial charge in [0.05, 0.1) is 30.0 Å². The third-order valence-electron chi connectivity index (χ3n) is 6.27. The molecule has 2 N–H and O–H groups in total. The van der Waals surface area contributed by atoms with Crippen LogP contribution in [0, 0.1) is 11.7 Å². The lowest BCUT2D eigenvalue weighted by atomic mass is 10.1. The van der Waals surface area contributed by atoms with Crippen LogP contribution in [0.3, 0.4) is 0 Å². The molecule has 5 heterocycles. The van der Waals surface area contributed by atoms with E-state index < -0.39 is 0 Å². The number of ether oxygens (including phenoxy) is 2. The van der Waals surface area contributed by atoms with Gasteiger partial charge in [0.15, 0.2) is 18.2 Å². The fraction of sp³-hybridized carbons (Fsp3) is 0.417.